The summed E-state index contributed by atoms with van der Waals surface area (Å²) in [5.74, 6) is -0.768. The maximum Gasteiger partial charge on any atom is 0.324 e. The molecular weight excluding hydrogens is 351 g/mol. The Morgan fingerprint density at radius 1 is 0.750 bits per heavy atom. The van der Waals surface area contributed by atoms with Crippen LogP contribution >= 0.6 is 23.2 Å². The lowest BCUT2D eigenvalue weighted by molar-refractivity contribution is -0.199. The van der Waals surface area contributed by atoms with Crippen molar-refractivity contribution in [2.24, 2.45) is 21.7 Å². The second kappa shape index (κ2) is 5.51. The molecule has 0 N–H and O–H groups in total. The van der Waals surface area contributed by atoms with E-state index in [9.17, 15) is 9.59 Å². The van der Waals surface area contributed by atoms with Crippen LogP contribution in [0.1, 0.15) is 52.4 Å². The molecule has 0 spiro atoms. The van der Waals surface area contributed by atoms with E-state index >= 15 is 0 Å². The Labute approximate surface area is 153 Å². The molecule has 4 fully saturated rings. The van der Waals surface area contributed by atoms with Gasteiger partial charge in [0.25, 0.3) is 0 Å². The van der Waals surface area contributed by atoms with E-state index in [0.29, 0.717) is 6.42 Å². The average Bonchev–Trinajstić information content (AvgIpc) is 2.48. The molecule has 136 valence electrons. The number of carbonyl (C=O) groups excluding carboxylic acids is 2. The number of halogens is 2. The molecule has 4 saturated carbocycles. The van der Waals surface area contributed by atoms with Gasteiger partial charge in [-0.2, -0.15) is 0 Å². The summed E-state index contributed by atoms with van der Waals surface area (Å²) in [5.41, 5.74) is -0.667. The van der Waals surface area contributed by atoms with Gasteiger partial charge in [-0.25, -0.2) is 0 Å². The van der Waals surface area contributed by atoms with Gasteiger partial charge in [-0.05, 0) is 60.2 Å². The fourth-order valence-corrected chi connectivity index (χ4v) is 7.77. The van der Waals surface area contributed by atoms with Gasteiger partial charge in [-0.15, -0.1) is 23.2 Å². The molecule has 4 nitrogen and oxygen atoms in total. The van der Waals surface area contributed by atoms with Gasteiger partial charge in [0.2, 0.25) is 0 Å². The van der Waals surface area contributed by atoms with Crippen LogP contribution < -0.4 is 0 Å². The van der Waals surface area contributed by atoms with Gasteiger partial charge in [0.1, 0.15) is 10.8 Å². The van der Waals surface area contributed by atoms with Crippen LogP contribution in [0.3, 0.4) is 0 Å². The highest BCUT2D eigenvalue weighted by molar-refractivity contribution is 6.31. The highest BCUT2D eigenvalue weighted by Gasteiger charge is 2.70. The van der Waals surface area contributed by atoms with Crippen molar-refractivity contribution in [3.8, 4) is 0 Å². The number of hydrogen-bond acceptors (Lipinski definition) is 4. The predicted molar refractivity (Wildman–Crippen MR) is 92.1 cm³/mol. The molecule has 24 heavy (non-hydrogen) atoms. The minimum absolute atomic E-state index is 0.0336. The molecule has 0 aliphatic heterocycles. The summed E-state index contributed by atoms with van der Waals surface area (Å²) in [4.78, 5) is 24.4. The van der Waals surface area contributed by atoms with Crippen LogP contribution in [0, 0.1) is 21.7 Å². The Morgan fingerprint density at radius 2 is 1.08 bits per heavy atom. The lowest BCUT2D eigenvalue weighted by Crippen LogP contribution is -2.65. The summed E-state index contributed by atoms with van der Waals surface area (Å²) in [7, 11) is 2.74. The first kappa shape index (κ1) is 18.3. The molecule has 0 radical (unpaired) electrons. The Bertz CT molecular complexity index is 513. The first-order valence-electron chi connectivity index (χ1n) is 8.47. The second-order valence-corrected chi connectivity index (χ2v) is 10.1. The van der Waals surface area contributed by atoms with E-state index < -0.39 is 10.8 Å². The largest absolute Gasteiger partial charge is 0.468 e. The predicted octanol–water partition coefficient (Wildman–Crippen LogP) is 3.91. The number of hydrogen-bond donors (Lipinski definition) is 0. The minimum Gasteiger partial charge on any atom is -0.468 e. The van der Waals surface area contributed by atoms with Crippen LogP contribution in [0.4, 0.5) is 0 Å². The average molecular weight is 377 g/mol. The van der Waals surface area contributed by atoms with Crippen molar-refractivity contribution in [2.75, 3.05) is 14.2 Å². The van der Waals surface area contributed by atoms with Crippen molar-refractivity contribution in [3.63, 3.8) is 0 Å². The van der Waals surface area contributed by atoms with Gasteiger partial charge in [0, 0.05) is 0 Å². The second-order valence-electron chi connectivity index (χ2n) is 9.18. The lowest BCUT2D eigenvalue weighted by Gasteiger charge is -2.70. The molecule has 0 aromatic rings. The minimum atomic E-state index is -0.706. The summed E-state index contributed by atoms with van der Waals surface area (Å²) in [5, 5.41) is -1.41. The third-order valence-electron chi connectivity index (χ3n) is 6.56. The van der Waals surface area contributed by atoms with Crippen LogP contribution in [0.15, 0.2) is 0 Å². The maximum absolute atomic E-state index is 12.2. The van der Waals surface area contributed by atoms with E-state index in [1.54, 1.807) is 0 Å². The van der Waals surface area contributed by atoms with Crippen LogP contribution in [0.2, 0.25) is 0 Å². The Hall–Kier alpha value is -0.480. The van der Waals surface area contributed by atoms with Gasteiger partial charge < -0.3 is 9.47 Å². The summed E-state index contributed by atoms with van der Waals surface area (Å²) < 4.78 is 9.87. The van der Waals surface area contributed by atoms with Crippen molar-refractivity contribution < 1.29 is 19.1 Å². The number of carbonyl (C=O) groups is 2. The quantitative estimate of drug-likeness (QED) is 0.551. The normalized spacial score (nSPS) is 45.6. The molecule has 4 aliphatic carbocycles. The summed E-state index contributed by atoms with van der Waals surface area (Å²) >= 11 is 13.2. The fourth-order valence-electron chi connectivity index (χ4n) is 7.13. The van der Waals surface area contributed by atoms with E-state index in [1.165, 1.54) is 14.2 Å². The van der Waals surface area contributed by atoms with Crippen molar-refractivity contribution in [2.45, 2.75) is 63.1 Å². The number of methoxy groups -OCH3 is 2. The number of rotatable bonds is 4. The van der Waals surface area contributed by atoms with Gasteiger partial charge in [0.15, 0.2) is 0 Å². The zero-order chi connectivity index (χ0) is 18.0. The molecule has 0 aromatic heterocycles. The van der Waals surface area contributed by atoms with E-state index in [2.05, 4.69) is 13.8 Å². The third kappa shape index (κ3) is 2.56. The summed E-state index contributed by atoms with van der Waals surface area (Å²) in [6, 6.07) is 0. The number of alkyl halides is 2. The van der Waals surface area contributed by atoms with Crippen LogP contribution in [-0.4, -0.2) is 36.9 Å². The fraction of sp³-hybridized carbons (Fsp3) is 0.889. The van der Waals surface area contributed by atoms with E-state index in [0.717, 1.165) is 32.1 Å². The molecular formula is C18H26Cl2O4. The smallest absolute Gasteiger partial charge is 0.324 e. The zero-order valence-corrected chi connectivity index (χ0v) is 16.3. The molecule has 4 atom stereocenters. The van der Waals surface area contributed by atoms with E-state index in [4.69, 9.17) is 32.7 Å². The van der Waals surface area contributed by atoms with E-state index in [1.807, 2.05) is 0 Å². The Balaban J connectivity index is 2.06. The SMILES string of the molecule is COC(=O)[C@@H](Cl)C12CC3(C)CC(C)(C1)CC([C@@H](Cl)C(=O)OC)(C3)C2. The molecule has 0 aromatic carbocycles. The third-order valence-corrected chi connectivity index (χ3v) is 7.85. The molecule has 0 heterocycles. The highest BCUT2D eigenvalue weighted by atomic mass is 35.5. The standard InChI is InChI=1S/C18H26Cl2O4/c1-15-5-16(2)8-17(6-15,11(19)13(21)23-3)10-18(7-15,9-16)12(20)14(22)24-4/h11-12H,5-10H2,1-4H3/t11-,12+,15?,16?,17?,18?. The van der Waals surface area contributed by atoms with Gasteiger partial charge in [-0.1, -0.05) is 13.8 Å². The number of ether oxygens (including phenoxy) is 2. The van der Waals surface area contributed by atoms with Crippen LogP contribution in [-0.2, 0) is 19.1 Å². The molecule has 4 bridgehead atoms. The van der Waals surface area contributed by atoms with Crippen molar-refractivity contribution >= 4 is 35.1 Å². The molecule has 6 heteroatoms. The lowest BCUT2D eigenvalue weighted by atomic mass is 9.35. The zero-order valence-electron chi connectivity index (χ0n) is 14.8. The van der Waals surface area contributed by atoms with Crippen LogP contribution in [0.5, 0.6) is 0 Å². The van der Waals surface area contributed by atoms with E-state index in [-0.39, 0.29) is 33.6 Å². The molecule has 4 aliphatic rings. The topological polar surface area (TPSA) is 52.6 Å². The van der Waals surface area contributed by atoms with Gasteiger partial charge in [-0.3, -0.25) is 9.59 Å². The molecule has 4 rings (SSSR count). The summed E-state index contributed by atoms with van der Waals surface area (Å²) in [6.45, 7) is 4.49. The Morgan fingerprint density at radius 3 is 1.38 bits per heavy atom. The van der Waals surface area contributed by atoms with Crippen molar-refractivity contribution in [1.29, 1.82) is 0 Å². The first-order chi connectivity index (χ1) is 11.0. The van der Waals surface area contributed by atoms with Gasteiger partial charge >= 0.3 is 11.9 Å². The molecule has 0 amide bonds. The summed E-state index contributed by atoms with van der Waals surface area (Å²) in [6.07, 6.45) is 5.28. The molecule has 0 saturated heterocycles. The monoisotopic (exact) mass is 376 g/mol. The highest BCUT2D eigenvalue weighted by Crippen LogP contribution is 2.76. The first-order valence-corrected chi connectivity index (χ1v) is 9.34. The van der Waals surface area contributed by atoms with Crippen molar-refractivity contribution in [3.05, 3.63) is 0 Å². The van der Waals surface area contributed by atoms with Crippen LogP contribution in [0.25, 0.3) is 0 Å². The molecule has 2 unspecified atom stereocenters. The van der Waals surface area contributed by atoms with Crippen molar-refractivity contribution in [1.82, 2.24) is 0 Å². The number of esters is 2. The maximum atomic E-state index is 12.2. The van der Waals surface area contributed by atoms with Gasteiger partial charge in [0.05, 0.1) is 14.2 Å². The Kier molecular flexibility index (Phi) is 4.20.